The number of benzene rings is 3. The average Bonchev–Trinajstić information content (AvgIpc) is 2.75. The van der Waals surface area contributed by atoms with Crippen LogP contribution in [0.2, 0.25) is 5.02 Å². The van der Waals surface area contributed by atoms with Crippen LogP contribution in [0.1, 0.15) is 28.4 Å². The summed E-state index contributed by atoms with van der Waals surface area (Å²) in [5.74, 6) is 0.719. The largest absolute Gasteiger partial charge is 0.493 e. The van der Waals surface area contributed by atoms with E-state index in [0.717, 1.165) is 0 Å². The van der Waals surface area contributed by atoms with Gasteiger partial charge < -0.3 is 14.8 Å². The standard InChI is InChI=1S/C23H21ClN2O5/c1-3-30-21-12-11-16(13-17(21)14-31-22-10-5-4-7-18(22)24)23(27)25-19-8-6-9-20(15(19)2)26(28)29/h4-13H,3,14H2,1-2H3,(H,25,27). The highest BCUT2D eigenvalue weighted by atomic mass is 35.5. The lowest BCUT2D eigenvalue weighted by Gasteiger charge is -2.14. The second kappa shape index (κ2) is 9.95. The van der Waals surface area contributed by atoms with Gasteiger partial charge in [-0.15, -0.1) is 0 Å². The lowest BCUT2D eigenvalue weighted by atomic mass is 10.1. The van der Waals surface area contributed by atoms with Crippen molar-refractivity contribution in [3.63, 3.8) is 0 Å². The minimum Gasteiger partial charge on any atom is -0.493 e. The molecule has 3 rings (SSSR count). The van der Waals surface area contributed by atoms with Crippen molar-refractivity contribution in [1.29, 1.82) is 0 Å². The van der Waals surface area contributed by atoms with Crippen molar-refractivity contribution >= 4 is 28.9 Å². The zero-order valence-corrected chi connectivity index (χ0v) is 17.8. The highest BCUT2D eigenvalue weighted by Gasteiger charge is 2.17. The summed E-state index contributed by atoms with van der Waals surface area (Å²) in [5, 5.41) is 14.4. The molecule has 1 amide bonds. The van der Waals surface area contributed by atoms with Crippen LogP contribution in [0.3, 0.4) is 0 Å². The molecule has 0 saturated heterocycles. The molecule has 160 valence electrons. The van der Waals surface area contributed by atoms with Gasteiger partial charge in [0.15, 0.2) is 0 Å². The van der Waals surface area contributed by atoms with Crippen LogP contribution >= 0.6 is 11.6 Å². The third-order valence-electron chi connectivity index (χ3n) is 4.59. The maximum Gasteiger partial charge on any atom is 0.274 e. The molecule has 0 radical (unpaired) electrons. The number of halogens is 1. The molecule has 0 atom stereocenters. The van der Waals surface area contributed by atoms with Crippen molar-refractivity contribution in [1.82, 2.24) is 0 Å². The summed E-state index contributed by atoms with van der Waals surface area (Å²) >= 11 is 6.14. The summed E-state index contributed by atoms with van der Waals surface area (Å²) in [5.41, 5.74) is 1.74. The number of amides is 1. The predicted molar refractivity (Wildman–Crippen MR) is 119 cm³/mol. The van der Waals surface area contributed by atoms with Crippen molar-refractivity contribution in [2.24, 2.45) is 0 Å². The topological polar surface area (TPSA) is 90.7 Å². The number of ether oxygens (including phenoxy) is 2. The predicted octanol–water partition coefficient (Wildman–Crippen LogP) is 5.79. The molecule has 0 aromatic heterocycles. The molecule has 0 fully saturated rings. The molecule has 8 heteroatoms. The quantitative estimate of drug-likeness (QED) is 0.353. The molecule has 31 heavy (non-hydrogen) atoms. The summed E-state index contributed by atoms with van der Waals surface area (Å²) in [6.45, 7) is 4.06. The zero-order valence-electron chi connectivity index (χ0n) is 17.1. The molecule has 0 bridgehead atoms. The summed E-state index contributed by atoms with van der Waals surface area (Å²) in [4.78, 5) is 23.5. The van der Waals surface area contributed by atoms with Gasteiger partial charge in [-0.25, -0.2) is 0 Å². The van der Waals surface area contributed by atoms with Gasteiger partial charge in [0.2, 0.25) is 0 Å². The number of nitrogens with zero attached hydrogens (tertiary/aromatic N) is 1. The van der Waals surface area contributed by atoms with Crippen molar-refractivity contribution in [2.45, 2.75) is 20.5 Å². The van der Waals surface area contributed by atoms with Crippen LogP contribution in [0.25, 0.3) is 0 Å². The summed E-state index contributed by atoms with van der Waals surface area (Å²) < 4.78 is 11.5. The van der Waals surface area contributed by atoms with Crippen LogP contribution in [0, 0.1) is 17.0 Å². The molecule has 0 aliphatic heterocycles. The van der Waals surface area contributed by atoms with Gasteiger partial charge in [-0.2, -0.15) is 0 Å². The maximum atomic E-state index is 12.8. The number of hydrogen-bond acceptors (Lipinski definition) is 5. The minimum absolute atomic E-state index is 0.0571. The van der Waals surface area contributed by atoms with E-state index in [1.54, 1.807) is 43.3 Å². The third-order valence-corrected chi connectivity index (χ3v) is 4.90. The monoisotopic (exact) mass is 440 g/mol. The van der Waals surface area contributed by atoms with E-state index in [1.807, 2.05) is 19.1 Å². The van der Waals surface area contributed by atoms with Crippen molar-refractivity contribution in [3.05, 3.63) is 92.5 Å². The normalized spacial score (nSPS) is 10.4. The van der Waals surface area contributed by atoms with Gasteiger partial charge >= 0.3 is 0 Å². The number of anilines is 1. The number of para-hydroxylation sites is 1. The van der Waals surface area contributed by atoms with E-state index in [9.17, 15) is 14.9 Å². The Morgan fingerprint density at radius 1 is 1.06 bits per heavy atom. The number of carbonyl (C=O) groups is 1. The highest BCUT2D eigenvalue weighted by Crippen LogP contribution is 2.28. The molecule has 3 aromatic carbocycles. The Bertz CT molecular complexity index is 1120. The Morgan fingerprint density at radius 2 is 1.84 bits per heavy atom. The number of nitrogens with one attached hydrogen (secondary N) is 1. The van der Waals surface area contributed by atoms with E-state index in [0.29, 0.717) is 45.5 Å². The van der Waals surface area contributed by atoms with E-state index in [1.165, 1.54) is 12.1 Å². The third kappa shape index (κ3) is 5.32. The molecule has 7 nitrogen and oxygen atoms in total. The van der Waals surface area contributed by atoms with Crippen LogP contribution < -0.4 is 14.8 Å². The van der Waals surface area contributed by atoms with Crippen LogP contribution in [0.5, 0.6) is 11.5 Å². The first-order valence-corrected chi connectivity index (χ1v) is 9.97. The van der Waals surface area contributed by atoms with Gasteiger partial charge in [-0.05, 0) is 50.2 Å². The van der Waals surface area contributed by atoms with Gasteiger partial charge in [0.25, 0.3) is 11.6 Å². The molecule has 1 N–H and O–H groups in total. The first kappa shape index (κ1) is 22.1. The van der Waals surface area contributed by atoms with Crippen LogP contribution in [-0.2, 0) is 6.61 Å². The van der Waals surface area contributed by atoms with E-state index >= 15 is 0 Å². The second-order valence-corrected chi connectivity index (χ2v) is 7.04. The molecule has 0 aliphatic rings. The van der Waals surface area contributed by atoms with Gasteiger partial charge in [-0.3, -0.25) is 14.9 Å². The van der Waals surface area contributed by atoms with E-state index in [4.69, 9.17) is 21.1 Å². The van der Waals surface area contributed by atoms with Crippen molar-refractivity contribution < 1.29 is 19.2 Å². The zero-order chi connectivity index (χ0) is 22.4. The smallest absolute Gasteiger partial charge is 0.274 e. The van der Waals surface area contributed by atoms with Crippen LogP contribution in [0.4, 0.5) is 11.4 Å². The second-order valence-electron chi connectivity index (χ2n) is 6.64. The fraction of sp³-hybridized carbons (Fsp3) is 0.174. The van der Waals surface area contributed by atoms with Crippen LogP contribution in [0.15, 0.2) is 60.7 Å². The average molecular weight is 441 g/mol. The maximum absolute atomic E-state index is 12.8. The Balaban J connectivity index is 1.84. The first-order chi connectivity index (χ1) is 14.9. The summed E-state index contributed by atoms with van der Waals surface area (Å²) in [6.07, 6.45) is 0. The number of hydrogen-bond donors (Lipinski definition) is 1. The minimum atomic E-state index is -0.480. The van der Waals surface area contributed by atoms with Crippen molar-refractivity contribution in [2.75, 3.05) is 11.9 Å². The molecule has 0 saturated carbocycles. The lowest BCUT2D eigenvalue weighted by molar-refractivity contribution is -0.385. The first-order valence-electron chi connectivity index (χ1n) is 9.59. The molecule has 3 aromatic rings. The molecule has 0 spiro atoms. The summed E-state index contributed by atoms with van der Waals surface area (Å²) in [6, 6.07) is 16.7. The molecular formula is C23H21ClN2O5. The lowest BCUT2D eigenvalue weighted by Crippen LogP contribution is -2.14. The van der Waals surface area contributed by atoms with Gasteiger partial charge in [-0.1, -0.05) is 29.8 Å². The molecule has 0 aliphatic carbocycles. The number of rotatable bonds is 8. The van der Waals surface area contributed by atoms with Crippen molar-refractivity contribution in [3.8, 4) is 11.5 Å². The fourth-order valence-corrected chi connectivity index (χ4v) is 3.19. The number of carbonyl (C=O) groups excluding carboxylic acids is 1. The molecular weight excluding hydrogens is 420 g/mol. The van der Waals surface area contributed by atoms with E-state index in [-0.39, 0.29) is 12.3 Å². The number of nitro groups is 1. The number of nitro benzene ring substituents is 1. The fourth-order valence-electron chi connectivity index (χ4n) is 3.00. The van der Waals surface area contributed by atoms with Crippen LogP contribution in [-0.4, -0.2) is 17.4 Å². The molecule has 0 heterocycles. The van der Waals surface area contributed by atoms with Gasteiger partial charge in [0, 0.05) is 17.2 Å². The SMILES string of the molecule is CCOc1ccc(C(=O)Nc2cccc([N+](=O)[O-])c2C)cc1COc1ccccc1Cl. The summed E-state index contributed by atoms with van der Waals surface area (Å²) in [7, 11) is 0. The Labute approximate surface area is 184 Å². The van der Waals surface area contributed by atoms with E-state index < -0.39 is 10.8 Å². The Kier molecular flexibility index (Phi) is 7.10. The Morgan fingerprint density at radius 3 is 2.55 bits per heavy atom. The Hall–Kier alpha value is -3.58. The van der Waals surface area contributed by atoms with E-state index in [2.05, 4.69) is 5.32 Å². The highest BCUT2D eigenvalue weighted by molar-refractivity contribution is 6.32. The van der Waals surface area contributed by atoms with Gasteiger partial charge in [0.1, 0.15) is 18.1 Å². The molecule has 0 unspecified atom stereocenters. The van der Waals surface area contributed by atoms with Gasteiger partial charge in [0.05, 0.1) is 27.8 Å².